The molecule has 0 spiro atoms. The minimum atomic E-state index is -5.50. The molecule has 0 radical (unpaired) electrons. The van der Waals surface area contributed by atoms with Crippen LogP contribution in [0.5, 0.6) is 5.75 Å². The zero-order chi connectivity index (χ0) is 15.7. The summed E-state index contributed by atoms with van der Waals surface area (Å²) in [5.41, 5.74) is -0.313. The molecule has 0 aliphatic rings. The van der Waals surface area contributed by atoms with Crippen LogP contribution in [-0.2, 0) is 0 Å². The molecule has 0 N–H and O–H groups in total. The summed E-state index contributed by atoms with van der Waals surface area (Å²) < 4.78 is 80.3. The predicted octanol–water partition coefficient (Wildman–Crippen LogP) is 5.48. The van der Waals surface area contributed by atoms with E-state index >= 15 is 0 Å². The Morgan fingerprint density at radius 2 is 1.60 bits per heavy atom. The van der Waals surface area contributed by atoms with Gasteiger partial charge in [-0.2, -0.15) is 26.3 Å². The van der Waals surface area contributed by atoms with Gasteiger partial charge in [-0.1, -0.05) is 22.0 Å². The number of hydrogen-bond donors (Lipinski definition) is 0. The van der Waals surface area contributed by atoms with Gasteiger partial charge in [-0.05, 0) is 17.7 Å². The number of methoxy groups -OCH3 is 1. The molecule has 0 bridgehead atoms. The first-order valence-electron chi connectivity index (χ1n) is 5.09. The lowest BCUT2D eigenvalue weighted by molar-refractivity contribution is -0.284. The fourth-order valence-corrected chi connectivity index (χ4v) is 2.77. The van der Waals surface area contributed by atoms with Crippen molar-refractivity contribution in [2.24, 2.45) is 5.92 Å². The van der Waals surface area contributed by atoms with Gasteiger partial charge in [0.15, 0.2) is 5.92 Å². The van der Waals surface area contributed by atoms with Gasteiger partial charge in [0, 0.05) is 4.47 Å². The van der Waals surface area contributed by atoms with E-state index in [0.29, 0.717) is 0 Å². The van der Waals surface area contributed by atoms with Crippen LogP contribution in [0.2, 0.25) is 0 Å². The molecular weight excluding hydrogens is 377 g/mol. The molecule has 1 unspecified atom stereocenters. The summed E-state index contributed by atoms with van der Waals surface area (Å²) in [6.07, 6.45) is -11.0. The second kappa shape index (κ2) is 6.01. The van der Waals surface area contributed by atoms with E-state index in [-0.39, 0.29) is 15.8 Å². The highest BCUT2D eigenvalue weighted by atomic mass is 79.9. The van der Waals surface area contributed by atoms with Crippen molar-refractivity contribution in [3.63, 3.8) is 0 Å². The van der Waals surface area contributed by atoms with E-state index < -0.39 is 23.6 Å². The molecule has 1 atom stereocenters. The number of alkyl halides is 7. The van der Waals surface area contributed by atoms with Gasteiger partial charge in [-0.3, -0.25) is 0 Å². The second-order valence-electron chi connectivity index (χ2n) is 3.85. The Morgan fingerprint density at radius 3 is 1.95 bits per heavy atom. The average Bonchev–Trinajstić information content (AvgIpc) is 2.24. The van der Waals surface area contributed by atoms with Crippen LogP contribution >= 0.6 is 27.5 Å². The van der Waals surface area contributed by atoms with Gasteiger partial charge >= 0.3 is 12.4 Å². The number of rotatable bonds is 3. The Balaban J connectivity index is 3.23. The third-order valence-electron chi connectivity index (χ3n) is 2.50. The van der Waals surface area contributed by atoms with Crippen molar-refractivity contribution in [2.75, 3.05) is 7.11 Å². The molecule has 1 aromatic rings. The second-order valence-corrected chi connectivity index (χ2v) is 5.17. The van der Waals surface area contributed by atoms with Crippen molar-refractivity contribution >= 4 is 27.5 Å². The number of halogens is 8. The molecule has 0 aromatic heterocycles. The maximum Gasteiger partial charge on any atom is 0.402 e. The van der Waals surface area contributed by atoms with Gasteiger partial charge in [0.2, 0.25) is 0 Å². The van der Waals surface area contributed by atoms with E-state index in [1.807, 2.05) is 0 Å². The number of ether oxygens (including phenoxy) is 1. The number of hydrogen-bond acceptors (Lipinski definition) is 1. The molecule has 0 heterocycles. The molecule has 0 aliphatic heterocycles. The third kappa shape index (κ3) is 3.94. The van der Waals surface area contributed by atoms with Gasteiger partial charge in [-0.15, -0.1) is 11.6 Å². The molecule has 0 amide bonds. The van der Waals surface area contributed by atoms with Crippen molar-refractivity contribution in [3.05, 3.63) is 28.2 Å². The summed E-state index contributed by atoms with van der Waals surface area (Å²) in [5, 5.41) is -2.30. The van der Waals surface area contributed by atoms with Crippen LogP contribution in [0.1, 0.15) is 10.9 Å². The van der Waals surface area contributed by atoms with E-state index in [0.717, 1.165) is 6.07 Å². The molecule has 0 fully saturated rings. The monoisotopic (exact) mass is 384 g/mol. The smallest absolute Gasteiger partial charge is 0.402 e. The summed E-state index contributed by atoms with van der Waals surface area (Å²) in [4.78, 5) is 0. The Hall–Kier alpha value is -0.630. The zero-order valence-corrected chi connectivity index (χ0v) is 12.2. The van der Waals surface area contributed by atoms with Gasteiger partial charge in [0.05, 0.1) is 12.5 Å². The highest BCUT2D eigenvalue weighted by Gasteiger charge is 2.60. The molecular formula is C11H8BrClF6O. The first-order valence-corrected chi connectivity index (χ1v) is 6.32. The van der Waals surface area contributed by atoms with Crippen LogP contribution in [0.4, 0.5) is 26.3 Å². The molecule has 0 saturated heterocycles. The lowest BCUT2D eigenvalue weighted by Gasteiger charge is -2.27. The average molecular weight is 386 g/mol. The first kappa shape index (κ1) is 17.4. The third-order valence-corrected chi connectivity index (χ3v) is 3.68. The molecule has 0 saturated carbocycles. The van der Waals surface area contributed by atoms with Crippen LogP contribution in [0, 0.1) is 5.92 Å². The SMILES string of the molecule is COc1ccc(C(Cl)C(C(F)(F)F)C(F)(F)F)c(Br)c1. The van der Waals surface area contributed by atoms with Gasteiger partial charge in [0.1, 0.15) is 5.75 Å². The maximum absolute atomic E-state index is 12.6. The molecule has 9 heteroatoms. The first-order chi connectivity index (χ1) is 8.98. The van der Waals surface area contributed by atoms with Crippen molar-refractivity contribution in [3.8, 4) is 5.75 Å². The molecule has 1 aromatic carbocycles. The van der Waals surface area contributed by atoms with Crippen molar-refractivity contribution in [2.45, 2.75) is 17.7 Å². The van der Waals surface area contributed by atoms with Crippen molar-refractivity contribution in [1.29, 1.82) is 0 Å². The zero-order valence-electron chi connectivity index (χ0n) is 9.82. The summed E-state index contributed by atoms with van der Waals surface area (Å²) in [6.45, 7) is 0. The van der Waals surface area contributed by atoms with Crippen molar-refractivity contribution < 1.29 is 31.1 Å². The van der Waals surface area contributed by atoms with Crippen LogP contribution in [0.25, 0.3) is 0 Å². The highest BCUT2D eigenvalue weighted by Crippen LogP contribution is 2.50. The van der Waals surface area contributed by atoms with Gasteiger partial charge in [-0.25, -0.2) is 0 Å². The van der Waals surface area contributed by atoms with E-state index in [9.17, 15) is 26.3 Å². The largest absolute Gasteiger partial charge is 0.497 e. The Bertz CT molecular complexity index is 459. The Labute approximate surface area is 124 Å². The van der Waals surface area contributed by atoms with Crippen LogP contribution < -0.4 is 4.74 Å². The topological polar surface area (TPSA) is 9.23 Å². The standard InChI is InChI=1S/C11H8BrClF6O/c1-20-5-2-3-6(7(12)4-5)8(13)9(10(14,15)16)11(17,18)19/h2-4,8-9H,1H3. The summed E-state index contributed by atoms with van der Waals surface area (Å²) in [5.74, 6) is -3.37. The van der Waals surface area contributed by atoms with Crippen LogP contribution in [0.3, 0.4) is 0 Å². The summed E-state index contributed by atoms with van der Waals surface area (Å²) in [6, 6.07) is 3.54. The normalized spacial score (nSPS) is 14.5. The van der Waals surface area contributed by atoms with Crippen molar-refractivity contribution in [1.82, 2.24) is 0 Å². The maximum atomic E-state index is 12.6. The molecule has 0 aliphatic carbocycles. The quantitative estimate of drug-likeness (QED) is 0.495. The number of benzene rings is 1. The minimum Gasteiger partial charge on any atom is -0.497 e. The predicted molar refractivity (Wildman–Crippen MR) is 64.9 cm³/mol. The Kier molecular flexibility index (Phi) is 5.23. The fourth-order valence-electron chi connectivity index (χ4n) is 1.56. The van der Waals surface area contributed by atoms with Crippen LogP contribution in [-0.4, -0.2) is 19.5 Å². The Morgan fingerprint density at radius 1 is 1.10 bits per heavy atom. The molecule has 1 nitrogen and oxygen atoms in total. The van der Waals surface area contributed by atoms with E-state index in [1.54, 1.807) is 0 Å². The molecule has 20 heavy (non-hydrogen) atoms. The fraction of sp³-hybridized carbons (Fsp3) is 0.455. The van der Waals surface area contributed by atoms with E-state index in [1.165, 1.54) is 19.2 Å². The highest BCUT2D eigenvalue weighted by molar-refractivity contribution is 9.10. The van der Waals surface area contributed by atoms with Gasteiger partial charge < -0.3 is 4.74 Å². The van der Waals surface area contributed by atoms with E-state index in [4.69, 9.17) is 16.3 Å². The van der Waals surface area contributed by atoms with E-state index in [2.05, 4.69) is 15.9 Å². The minimum absolute atomic E-state index is 0.00958. The summed E-state index contributed by atoms with van der Waals surface area (Å²) in [7, 11) is 1.31. The van der Waals surface area contributed by atoms with Gasteiger partial charge in [0.25, 0.3) is 0 Å². The summed E-state index contributed by atoms with van der Waals surface area (Å²) >= 11 is 8.32. The lowest BCUT2D eigenvalue weighted by Crippen LogP contribution is -2.39. The molecule has 1 rings (SSSR count). The lowest BCUT2D eigenvalue weighted by atomic mass is 9.97. The van der Waals surface area contributed by atoms with Crippen LogP contribution in [0.15, 0.2) is 22.7 Å². The molecule has 114 valence electrons.